The second-order valence-corrected chi connectivity index (χ2v) is 7.86. The van der Waals surface area contributed by atoms with Crippen LogP contribution in [0.5, 0.6) is 0 Å². The van der Waals surface area contributed by atoms with Crippen molar-refractivity contribution in [3.8, 4) is 10.6 Å². The summed E-state index contributed by atoms with van der Waals surface area (Å²) >= 11 is 7.03. The molecule has 0 aromatic carbocycles. The summed E-state index contributed by atoms with van der Waals surface area (Å²) in [6.45, 7) is 1.44. The Labute approximate surface area is 162 Å². The Bertz CT molecular complexity index is 788. The first-order valence-corrected chi connectivity index (χ1v) is 10.3. The molecule has 6 nitrogen and oxygen atoms in total. The fourth-order valence-electron chi connectivity index (χ4n) is 3.48. The highest BCUT2D eigenvalue weighted by Gasteiger charge is 2.31. The SMILES string of the molecule is O=C(c1csc(-c2cccnc2)n1)N1CCCN1C(=S)NC1CCCC1. The summed E-state index contributed by atoms with van der Waals surface area (Å²) in [5, 5.41) is 10.3. The third kappa shape index (κ3) is 3.57. The molecular formula is C18H21N5OS2. The molecule has 0 atom stereocenters. The summed E-state index contributed by atoms with van der Waals surface area (Å²) < 4.78 is 0. The average Bonchev–Trinajstić information content (AvgIpc) is 3.42. The lowest BCUT2D eigenvalue weighted by Gasteiger charge is -2.31. The molecule has 0 spiro atoms. The summed E-state index contributed by atoms with van der Waals surface area (Å²) in [6, 6.07) is 4.26. The second-order valence-electron chi connectivity index (χ2n) is 6.62. The van der Waals surface area contributed by atoms with Gasteiger partial charge in [0.15, 0.2) is 5.11 Å². The molecule has 4 rings (SSSR count). The van der Waals surface area contributed by atoms with Crippen molar-refractivity contribution in [1.29, 1.82) is 0 Å². The van der Waals surface area contributed by atoms with Gasteiger partial charge in [0.2, 0.25) is 0 Å². The molecular weight excluding hydrogens is 366 g/mol. The van der Waals surface area contributed by atoms with E-state index in [1.54, 1.807) is 17.4 Å². The molecule has 136 valence electrons. The zero-order valence-electron chi connectivity index (χ0n) is 14.4. The first-order valence-electron chi connectivity index (χ1n) is 8.98. The van der Waals surface area contributed by atoms with Gasteiger partial charge in [0, 0.05) is 42.5 Å². The number of aromatic nitrogens is 2. The standard InChI is InChI=1S/C18H21N5OS2/c24-17(15-12-26-16(21-15)13-5-3-8-19-11-13)22-9-4-10-23(22)18(25)20-14-6-1-2-7-14/h3,5,8,11-12,14H,1-2,4,6-7,9-10H2,(H,20,25). The maximum Gasteiger partial charge on any atom is 0.291 e. The van der Waals surface area contributed by atoms with Gasteiger partial charge in [-0.25, -0.2) is 9.99 Å². The molecule has 2 aromatic rings. The largest absolute Gasteiger partial charge is 0.358 e. The Balaban J connectivity index is 1.46. The van der Waals surface area contributed by atoms with E-state index in [2.05, 4.69) is 15.3 Å². The molecule has 1 N–H and O–H groups in total. The van der Waals surface area contributed by atoms with Crippen LogP contribution in [0.3, 0.4) is 0 Å². The molecule has 8 heteroatoms. The summed E-state index contributed by atoms with van der Waals surface area (Å²) in [5.41, 5.74) is 1.39. The van der Waals surface area contributed by atoms with Gasteiger partial charge in [0.1, 0.15) is 10.7 Å². The van der Waals surface area contributed by atoms with Crippen molar-refractivity contribution < 1.29 is 4.79 Å². The van der Waals surface area contributed by atoms with E-state index in [4.69, 9.17) is 12.2 Å². The maximum atomic E-state index is 13.0. The van der Waals surface area contributed by atoms with Gasteiger partial charge in [-0.05, 0) is 43.6 Å². The highest BCUT2D eigenvalue weighted by Crippen LogP contribution is 2.25. The smallest absolute Gasteiger partial charge is 0.291 e. The van der Waals surface area contributed by atoms with Crippen LogP contribution in [0, 0.1) is 0 Å². The van der Waals surface area contributed by atoms with Gasteiger partial charge in [-0.1, -0.05) is 12.8 Å². The lowest BCUT2D eigenvalue weighted by Crippen LogP contribution is -2.51. The highest BCUT2D eigenvalue weighted by molar-refractivity contribution is 7.80. The zero-order chi connectivity index (χ0) is 17.9. The minimum absolute atomic E-state index is 0.0931. The molecule has 0 unspecified atom stereocenters. The number of pyridine rings is 1. The lowest BCUT2D eigenvalue weighted by atomic mass is 10.3. The summed E-state index contributed by atoms with van der Waals surface area (Å²) in [4.78, 5) is 21.6. The molecule has 1 saturated carbocycles. The third-order valence-electron chi connectivity index (χ3n) is 4.81. The fourth-order valence-corrected chi connectivity index (χ4v) is 4.62. The molecule has 0 radical (unpaired) electrons. The number of hydrazine groups is 1. The highest BCUT2D eigenvalue weighted by atomic mass is 32.1. The Morgan fingerprint density at radius 3 is 2.81 bits per heavy atom. The summed E-state index contributed by atoms with van der Waals surface area (Å²) in [7, 11) is 0. The monoisotopic (exact) mass is 387 g/mol. The Hall–Kier alpha value is -2.06. The van der Waals surface area contributed by atoms with Crippen LogP contribution in [0.15, 0.2) is 29.9 Å². The van der Waals surface area contributed by atoms with Crippen molar-refractivity contribution in [3.63, 3.8) is 0 Å². The molecule has 1 aliphatic carbocycles. The predicted octanol–water partition coefficient (Wildman–Crippen LogP) is 3.09. The van der Waals surface area contributed by atoms with E-state index in [-0.39, 0.29) is 5.91 Å². The topological polar surface area (TPSA) is 61.4 Å². The lowest BCUT2D eigenvalue weighted by molar-refractivity contribution is 0.0484. The first-order chi connectivity index (χ1) is 12.7. The maximum absolute atomic E-state index is 13.0. The summed E-state index contributed by atoms with van der Waals surface area (Å²) in [5.74, 6) is -0.0931. The third-order valence-corrected chi connectivity index (χ3v) is 6.03. The molecule has 2 aromatic heterocycles. The van der Waals surface area contributed by atoms with Crippen molar-refractivity contribution in [3.05, 3.63) is 35.6 Å². The van der Waals surface area contributed by atoms with Crippen LogP contribution in [0.4, 0.5) is 0 Å². The van der Waals surface area contributed by atoms with Crippen LogP contribution in [-0.2, 0) is 0 Å². The number of amides is 1. The van der Waals surface area contributed by atoms with Gasteiger partial charge >= 0.3 is 0 Å². The van der Waals surface area contributed by atoms with Crippen LogP contribution in [0.2, 0.25) is 0 Å². The number of thiocarbonyl (C=S) groups is 1. The van der Waals surface area contributed by atoms with Crippen molar-refractivity contribution >= 4 is 34.6 Å². The zero-order valence-corrected chi connectivity index (χ0v) is 16.1. The van der Waals surface area contributed by atoms with Crippen molar-refractivity contribution in [2.24, 2.45) is 0 Å². The molecule has 1 saturated heterocycles. The predicted molar refractivity (Wildman–Crippen MR) is 106 cm³/mol. The number of nitrogens with one attached hydrogen (secondary N) is 1. The summed E-state index contributed by atoms with van der Waals surface area (Å²) in [6.07, 6.45) is 9.21. The molecule has 2 aliphatic rings. The van der Waals surface area contributed by atoms with Crippen LogP contribution in [0.25, 0.3) is 10.6 Å². The molecule has 2 fully saturated rings. The van der Waals surface area contributed by atoms with E-state index in [0.717, 1.165) is 36.4 Å². The van der Waals surface area contributed by atoms with E-state index < -0.39 is 0 Å². The van der Waals surface area contributed by atoms with Crippen LogP contribution < -0.4 is 5.32 Å². The number of carbonyl (C=O) groups is 1. The van der Waals surface area contributed by atoms with Gasteiger partial charge in [-0.15, -0.1) is 11.3 Å². The Morgan fingerprint density at radius 2 is 2.04 bits per heavy atom. The van der Waals surface area contributed by atoms with Gasteiger partial charge < -0.3 is 5.32 Å². The normalized spacial score (nSPS) is 17.7. The van der Waals surface area contributed by atoms with Crippen LogP contribution in [-0.4, -0.2) is 50.1 Å². The van der Waals surface area contributed by atoms with E-state index in [1.807, 2.05) is 22.5 Å². The van der Waals surface area contributed by atoms with E-state index >= 15 is 0 Å². The molecule has 3 heterocycles. The fraction of sp³-hybridized carbons (Fsp3) is 0.444. The van der Waals surface area contributed by atoms with Gasteiger partial charge in [0.05, 0.1) is 0 Å². The van der Waals surface area contributed by atoms with Gasteiger partial charge in [-0.3, -0.25) is 14.8 Å². The minimum Gasteiger partial charge on any atom is -0.358 e. The number of thiazole rings is 1. The molecule has 1 aliphatic heterocycles. The number of rotatable bonds is 3. The van der Waals surface area contributed by atoms with Crippen LogP contribution in [0.1, 0.15) is 42.6 Å². The number of carbonyl (C=O) groups excluding carboxylic acids is 1. The van der Waals surface area contributed by atoms with Crippen molar-refractivity contribution in [2.75, 3.05) is 13.1 Å². The van der Waals surface area contributed by atoms with Crippen molar-refractivity contribution in [1.82, 2.24) is 25.3 Å². The van der Waals surface area contributed by atoms with E-state index in [1.165, 1.54) is 24.2 Å². The number of nitrogens with zero attached hydrogens (tertiary/aromatic N) is 4. The molecule has 1 amide bonds. The van der Waals surface area contributed by atoms with E-state index in [0.29, 0.717) is 23.4 Å². The van der Waals surface area contributed by atoms with E-state index in [9.17, 15) is 4.79 Å². The van der Waals surface area contributed by atoms with Crippen molar-refractivity contribution in [2.45, 2.75) is 38.1 Å². The minimum atomic E-state index is -0.0931. The second kappa shape index (κ2) is 7.67. The van der Waals surface area contributed by atoms with Gasteiger partial charge in [0.25, 0.3) is 5.91 Å². The quantitative estimate of drug-likeness (QED) is 0.817. The number of hydrogen-bond donors (Lipinski definition) is 1. The molecule has 26 heavy (non-hydrogen) atoms. The average molecular weight is 388 g/mol. The Kier molecular flexibility index (Phi) is 5.12. The number of hydrogen-bond acceptors (Lipinski definition) is 5. The first kappa shape index (κ1) is 17.4. The van der Waals surface area contributed by atoms with Gasteiger partial charge in [-0.2, -0.15) is 0 Å². The molecule has 0 bridgehead atoms. The van der Waals surface area contributed by atoms with Crippen LogP contribution >= 0.6 is 23.6 Å². The Morgan fingerprint density at radius 1 is 1.23 bits per heavy atom.